The predicted octanol–water partition coefficient (Wildman–Crippen LogP) is 6.70. The van der Waals surface area contributed by atoms with E-state index in [1.807, 2.05) is 83.3 Å². The van der Waals surface area contributed by atoms with E-state index >= 15 is 0 Å². The molecule has 0 saturated carbocycles. The fourth-order valence-corrected chi connectivity index (χ4v) is 6.13. The van der Waals surface area contributed by atoms with Gasteiger partial charge in [0, 0.05) is 65.0 Å². The molecule has 0 spiro atoms. The van der Waals surface area contributed by atoms with Gasteiger partial charge in [0.2, 0.25) is 5.91 Å². The van der Waals surface area contributed by atoms with Gasteiger partial charge in [0.15, 0.2) is 6.61 Å². The molecule has 0 radical (unpaired) electrons. The van der Waals surface area contributed by atoms with E-state index in [9.17, 15) is 14.0 Å². The summed E-state index contributed by atoms with van der Waals surface area (Å²) in [6.45, 7) is 6.44. The van der Waals surface area contributed by atoms with E-state index in [4.69, 9.17) is 4.74 Å². The van der Waals surface area contributed by atoms with E-state index in [1.54, 1.807) is 12.1 Å². The number of aryl methyl sites for hydroxylation is 1. The Kier molecular flexibility index (Phi) is 12.0. The number of hydrogen-bond donors (Lipinski definition) is 0. The molecule has 5 rings (SSSR count). The van der Waals surface area contributed by atoms with E-state index in [0.717, 1.165) is 55.0 Å². The summed E-state index contributed by atoms with van der Waals surface area (Å²) in [6.07, 6.45) is 1.95. The van der Waals surface area contributed by atoms with E-state index in [2.05, 4.69) is 29.2 Å². The molecule has 0 unspecified atom stereocenters. The molecular formula is C39H45FN4O3. The molecule has 1 heterocycles. The summed E-state index contributed by atoms with van der Waals surface area (Å²) in [7, 11) is 1.91. The number of carbonyl (C=O) groups is 2. The van der Waals surface area contributed by atoms with Crippen LogP contribution in [0.2, 0.25) is 0 Å². The summed E-state index contributed by atoms with van der Waals surface area (Å²) in [6, 6.07) is 32.2. The molecule has 1 aliphatic heterocycles. The minimum Gasteiger partial charge on any atom is -0.484 e. The van der Waals surface area contributed by atoms with Gasteiger partial charge in [0.1, 0.15) is 11.6 Å². The van der Waals surface area contributed by atoms with Gasteiger partial charge >= 0.3 is 0 Å². The molecule has 0 fully saturated rings. The van der Waals surface area contributed by atoms with Gasteiger partial charge in [-0.3, -0.25) is 14.5 Å². The lowest BCUT2D eigenvalue weighted by Crippen LogP contribution is -2.41. The number of rotatable bonds is 9. The highest BCUT2D eigenvalue weighted by Crippen LogP contribution is 2.28. The first kappa shape index (κ1) is 33.7. The molecule has 0 saturated heterocycles. The van der Waals surface area contributed by atoms with Crippen molar-refractivity contribution < 1.29 is 18.7 Å². The molecule has 2 amide bonds. The number of nitrogens with zero attached hydrogens (tertiary/aromatic N) is 4. The minimum atomic E-state index is -0.285. The molecule has 0 aliphatic carbocycles. The van der Waals surface area contributed by atoms with Crippen LogP contribution in [0.25, 0.3) is 0 Å². The van der Waals surface area contributed by atoms with Crippen molar-refractivity contribution in [3.8, 4) is 5.75 Å². The average Bonchev–Trinajstić information content (AvgIpc) is 3.08. The lowest BCUT2D eigenvalue weighted by Gasteiger charge is -2.33. The summed E-state index contributed by atoms with van der Waals surface area (Å²) in [5.74, 6) is 0.293. The van der Waals surface area contributed by atoms with Crippen molar-refractivity contribution in [1.82, 2.24) is 9.80 Å². The topological polar surface area (TPSA) is 56.3 Å². The second-order valence-corrected chi connectivity index (χ2v) is 12.2. The van der Waals surface area contributed by atoms with Gasteiger partial charge in [0.05, 0.1) is 5.69 Å². The molecule has 8 heteroatoms. The molecule has 1 aliphatic rings. The number of benzene rings is 4. The molecule has 0 aromatic heterocycles. The maximum Gasteiger partial charge on any atom is 0.264 e. The van der Waals surface area contributed by atoms with Crippen LogP contribution in [-0.4, -0.2) is 68.0 Å². The summed E-state index contributed by atoms with van der Waals surface area (Å²) in [5.41, 5.74) is 4.88. The third-order valence-corrected chi connectivity index (χ3v) is 8.65. The maximum absolute atomic E-state index is 13.9. The molecule has 4 aromatic carbocycles. The van der Waals surface area contributed by atoms with Gasteiger partial charge in [-0.25, -0.2) is 4.39 Å². The average molecular weight is 637 g/mol. The first-order valence-electron chi connectivity index (χ1n) is 16.4. The first-order chi connectivity index (χ1) is 22.9. The predicted molar refractivity (Wildman–Crippen MR) is 186 cm³/mol. The van der Waals surface area contributed by atoms with E-state index in [1.165, 1.54) is 17.7 Å². The van der Waals surface area contributed by atoms with E-state index in [-0.39, 0.29) is 24.2 Å². The third kappa shape index (κ3) is 9.66. The standard InChI is InChI=1S/C39H45FN4O3/c1-31-12-9-15-33-29-43(37(45)22-27-41(2)35-20-18-34(40)19-21-35)25-10-23-42(28-32-13-5-3-6-14-32)24-11-26-44(39(31)33)38(46)30-47-36-16-7-4-8-17-36/h3-9,12-21H,10-11,22-30H2,1-2H3. The van der Waals surface area contributed by atoms with Crippen LogP contribution in [0.1, 0.15) is 36.0 Å². The lowest BCUT2D eigenvalue weighted by molar-refractivity contribution is -0.131. The van der Waals surface area contributed by atoms with Gasteiger partial charge in [-0.05, 0) is 72.9 Å². The Bertz CT molecular complexity index is 1580. The van der Waals surface area contributed by atoms with Crippen molar-refractivity contribution in [2.24, 2.45) is 0 Å². The van der Waals surface area contributed by atoms with Crippen LogP contribution >= 0.6 is 0 Å². The number of ether oxygens (including phenoxy) is 1. The van der Waals surface area contributed by atoms with Crippen LogP contribution in [0.5, 0.6) is 5.75 Å². The summed E-state index contributed by atoms with van der Waals surface area (Å²) in [4.78, 5) is 36.0. The molecule has 0 N–H and O–H groups in total. The van der Waals surface area contributed by atoms with Gasteiger partial charge in [-0.2, -0.15) is 0 Å². The summed E-state index contributed by atoms with van der Waals surface area (Å²) >= 11 is 0. The van der Waals surface area contributed by atoms with Gasteiger partial charge in [-0.15, -0.1) is 0 Å². The third-order valence-electron chi connectivity index (χ3n) is 8.65. The molecule has 7 nitrogen and oxygen atoms in total. The largest absolute Gasteiger partial charge is 0.484 e. The highest BCUT2D eigenvalue weighted by molar-refractivity contribution is 5.96. The number of hydrogen-bond acceptors (Lipinski definition) is 5. The zero-order valence-corrected chi connectivity index (χ0v) is 27.5. The Balaban J connectivity index is 1.39. The monoisotopic (exact) mass is 636 g/mol. The van der Waals surface area contributed by atoms with Crippen molar-refractivity contribution in [3.63, 3.8) is 0 Å². The van der Waals surface area contributed by atoms with Crippen LogP contribution in [0.4, 0.5) is 15.8 Å². The van der Waals surface area contributed by atoms with Gasteiger partial charge in [-0.1, -0.05) is 66.7 Å². The molecule has 0 atom stereocenters. The quantitative estimate of drug-likeness (QED) is 0.205. The number of halogens is 1. The second-order valence-electron chi connectivity index (χ2n) is 12.2. The van der Waals surface area contributed by atoms with Crippen molar-refractivity contribution in [3.05, 3.63) is 126 Å². The molecule has 246 valence electrons. The Morgan fingerprint density at radius 3 is 2.19 bits per heavy atom. The fraction of sp³-hybridized carbons (Fsp3) is 0.333. The summed E-state index contributed by atoms with van der Waals surface area (Å²) in [5, 5.41) is 0. The second kappa shape index (κ2) is 16.7. The van der Waals surface area contributed by atoms with Gasteiger partial charge < -0.3 is 19.4 Å². The zero-order valence-electron chi connectivity index (χ0n) is 27.5. The van der Waals surface area contributed by atoms with Crippen LogP contribution in [0.3, 0.4) is 0 Å². The fourth-order valence-electron chi connectivity index (χ4n) is 6.13. The first-order valence-corrected chi connectivity index (χ1v) is 16.4. The minimum absolute atomic E-state index is 0.0448. The van der Waals surface area contributed by atoms with Crippen molar-refractivity contribution >= 4 is 23.2 Å². The van der Waals surface area contributed by atoms with Crippen LogP contribution < -0.4 is 14.5 Å². The normalized spacial score (nSPS) is 14.4. The molecule has 47 heavy (non-hydrogen) atoms. The number of amides is 2. The molecule has 0 bridgehead atoms. The van der Waals surface area contributed by atoms with E-state index in [0.29, 0.717) is 38.3 Å². The maximum atomic E-state index is 13.9. The summed E-state index contributed by atoms with van der Waals surface area (Å²) < 4.78 is 19.4. The van der Waals surface area contributed by atoms with Crippen LogP contribution in [0, 0.1) is 12.7 Å². The van der Waals surface area contributed by atoms with Gasteiger partial charge in [0.25, 0.3) is 5.91 Å². The number of carbonyl (C=O) groups excluding carboxylic acids is 2. The number of para-hydroxylation sites is 2. The smallest absolute Gasteiger partial charge is 0.264 e. The Morgan fingerprint density at radius 2 is 1.47 bits per heavy atom. The Hall–Kier alpha value is -4.69. The highest BCUT2D eigenvalue weighted by Gasteiger charge is 2.25. The lowest BCUT2D eigenvalue weighted by atomic mass is 10.0. The SMILES string of the molecule is Cc1cccc2c1N(C(=O)COc1ccccc1)CCCN(Cc1ccccc1)CCCN(C(=O)CCN(C)c1ccc(F)cc1)C2. The van der Waals surface area contributed by atoms with Crippen molar-refractivity contribution in [2.45, 2.75) is 39.3 Å². The van der Waals surface area contributed by atoms with Crippen molar-refractivity contribution in [1.29, 1.82) is 0 Å². The van der Waals surface area contributed by atoms with Crippen LogP contribution in [-0.2, 0) is 22.7 Å². The molecular weight excluding hydrogens is 591 g/mol. The zero-order chi connectivity index (χ0) is 33.0. The number of fused-ring (bicyclic) bond motifs is 1. The Morgan fingerprint density at radius 1 is 0.787 bits per heavy atom. The number of anilines is 2. The Labute approximate surface area is 278 Å². The van der Waals surface area contributed by atoms with Crippen molar-refractivity contribution in [2.75, 3.05) is 56.2 Å². The molecule has 4 aromatic rings. The van der Waals surface area contributed by atoms with E-state index < -0.39 is 0 Å². The van der Waals surface area contributed by atoms with Crippen LogP contribution in [0.15, 0.2) is 103 Å². The highest BCUT2D eigenvalue weighted by atomic mass is 19.1.